The molecule has 0 saturated carbocycles. The summed E-state index contributed by atoms with van der Waals surface area (Å²) in [6.07, 6.45) is 2.17. The van der Waals surface area contributed by atoms with Gasteiger partial charge in [0.15, 0.2) is 0 Å². The molecular weight excluding hydrogens is 393 g/mol. The van der Waals surface area contributed by atoms with E-state index in [2.05, 4.69) is 10.6 Å². The molecular formula is C18H15ClFN3O3S. The minimum absolute atomic E-state index is 0.131. The highest BCUT2D eigenvalue weighted by atomic mass is 35.5. The second-order valence-electron chi connectivity index (χ2n) is 6.51. The van der Waals surface area contributed by atoms with Gasteiger partial charge in [-0.15, -0.1) is 11.3 Å². The molecule has 1 aliphatic heterocycles. The average Bonchev–Trinajstić information content (AvgIpc) is 3.19. The number of rotatable bonds is 3. The number of aryl methyl sites for hydroxylation is 1. The number of carbonyl (C=O) groups is 3. The van der Waals surface area contributed by atoms with Crippen molar-refractivity contribution >= 4 is 46.5 Å². The highest BCUT2D eigenvalue weighted by Crippen LogP contribution is 2.42. The van der Waals surface area contributed by atoms with Crippen LogP contribution in [0.4, 0.5) is 14.9 Å². The SMILES string of the molecule is O=C(CN1C(=O)N[C@@]2(CCCc3sccc32)C1=O)Nc1ccc(F)c(Cl)c1. The van der Waals surface area contributed by atoms with Gasteiger partial charge in [-0.2, -0.15) is 0 Å². The van der Waals surface area contributed by atoms with E-state index in [9.17, 15) is 18.8 Å². The maximum Gasteiger partial charge on any atom is 0.325 e. The van der Waals surface area contributed by atoms with Gasteiger partial charge < -0.3 is 10.6 Å². The van der Waals surface area contributed by atoms with Crippen molar-refractivity contribution in [2.45, 2.75) is 24.8 Å². The molecule has 1 atom stereocenters. The minimum atomic E-state index is -1.08. The van der Waals surface area contributed by atoms with E-state index in [1.807, 2.05) is 11.4 Å². The van der Waals surface area contributed by atoms with Crippen LogP contribution < -0.4 is 10.6 Å². The van der Waals surface area contributed by atoms with Crippen LogP contribution in [0, 0.1) is 5.82 Å². The predicted molar refractivity (Wildman–Crippen MR) is 99.2 cm³/mol. The Morgan fingerprint density at radius 1 is 1.37 bits per heavy atom. The normalized spacial score (nSPS) is 21.3. The molecule has 6 nitrogen and oxygen atoms in total. The van der Waals surface area contributed by atoms with Gasteiger partial charge >= 0.3 is 6.03 Å². The monoisotopic (exact) mass is 407 g/mol. The van der Waals surface area contributed by atoms with Gasteiger partial charge in [-0.1, -0.05) is 11.6 Å². The number of nitrogens with zero attached hydrogens (tertiary/aromatic N) is 1. The van der Waals surface area contributed by atoms with Crippen LogP contribution in [-0.4, -0.2) is 29.3 Å². The second kappa shape index (κ2) is 6.61. The van der Waals surface area contributed by atoms with Crippen LogP contribution in [-0.2, 0) is 21.5 Å². The summed E-state index contributed by atoms with van der Waals surface area (Å²) in [5.74, 6) is -1.59. The fourth-order valence-corrected chi connectivity index (χ4v) is 4.78. The standard InChI is InChI=1S/C18H15ClFN3O3S/c19-12-8-10(3-4-13(12)20)21-15(24)9-23-16(25)18(22-17(23)26)6-1-2-14-11(18)5-7-27-14/h3-5,7-8H,1-2,6,9H2,(H,21,24)(H,22,26)/t18-/m1/s1. The molecule has 140 valence electrons. The summed E-state index contributed by atoms with van der Waals surface area (Å²) in [4.78, 5) is 39.8. The van der Waals surface area contributed by atoms with E-state index in [-0.39, 0.29) is 10.7 Å². The average molecular weight is 408 g/mol. The number of benzene rings is 1. The van der Waals surface area contributed by atoms with Crippen LogP contribution in [0.3, 0.4) is 0 Å². The number of hydrogen-bond acceptors (Lipinski definition) is 4. The van der Waals surface area contributed by atoms with E-state index in [0.29, 0.717) is 6.42 Å². The molecule has 1 spiro atoms. The Kier molecular flexibility index (Phi) is 4.39. The summed E-state index contributed by atoms with van der Waals surface area (Å²) in [7, 11) is 0. The molecule has 1 saturated heterocycles. The Bertz CT molecular complexity index is 963. The first kappa shape index (κ1) is 17.9. The highest BCUT2D eigenvalue weighted by molar-refractivity contribution is 7.10. The van der Waals surface area contributed by atoms with Crippen molar-refractivity contribution in [2.24, 2.45) is 0 Å². The largest absolute Gasteiger partial charge is 0.325 e. The maximum atomic E-state index is 13.2. The summed E-state index contributed by atoms with van der Waals surface area (Å²) in [6.45, 7) is -0.430. The third-order valence-electron chi connectivity index (χ3n) is 4.84. The molecule has 4 amide bonds. The number of anilines is 1. The molecule has 1 aromatic carbocycles. The number of thiophene rings is 1. The van der Waals surface area contributed by atoms with Crippen LogP contribution in [0.15, 0.2) is 29.6 Å². The van der Waals surface area contributed by atoms with Crippen molar-refractivity contribution in [2.75, 3.05) is 11.9 Å². The van der Waals surface area contributed by atoms with Crippen molar-refractivity contribution in [1.82, 2.24) is 10.2 Å². The summed E-state index contributed by atoms with van der Waals surface area (Å²) in [5, 5.41) is 7.09. The third kappa shape index (κ3) is 2.98. The molecule has 0 unspecified atom stereocenters. The van der Waals surface area contributed by atoms with E-state index in [0.717, 1.165) is 34.2 Å². The number of carbonyl (C=O) groups excluding carboxylic acids is 3. The Morgan fingerprint density at radius 2 is 2.19 bits per heavy atom. The Labute approximate surface area is 163 Å². The van der Waals surface area contributed by atoms with Gasteiger partial charge in [0.2, 0.25) is 5.91 Å². The molecule has 2 aliphatic rings. The van der Waals surface area contributed by atoms with E-state index in [4.69, 9.17) is 11.6 Å². The van der Waals surface area contributed by atoms with Crippen LogP contribution in [0.1, 0.15) is 23.3 Å². The molecule has 1 fully saturated rings. The molecule has 0 radical (unpaired) electrons. The summed E-state index contributed by atoms with van der Waals surface area (Å²) < 4.78 is 13.2. The topological polar surface area (TPSA) is 78.5 Å². The first-order valence-electron chi connectivity index (χ1n) is 8.36. The van der Waals surface area contributed by atoms with E-state index < -0.39 is 35.7 Å². The van der Waals surface area contributed by atoms with Crippen LogP contribution in [0.25, 0.3) is 0 Å². The Hall–Kier alpha value is -2.45. The molecule has 4 rings (SSSR count). The van der Waals surface area contributed by atoms with Gasteiger partial charge in [-0.05, 0) is 48.9 Å². The first-order chi connectivity index (χ1) is 12.9. The molecule has 2 heterocycles. The summed E-state index contributed by atoms with van der Waals surface area (Å²) in [5.41, 5.74) is 0.0284. The molecule has 1 aromatic heterocycles. The zero-order chi connectivity index (χ0) is 19.2. The number of amides is 4. The zero-order valence-corrected chi connectivity index (χ0v) is 15.6. The van der Waals surface area contributed by atoms with Gasteiger partial charge in [0.1, 0.15) is 17.9 Å². The van der Waals surface area contributed by atoms with E-state index in [1.165, 1.54) is 12.1 Å². The molecule has 9 heteroatoms. The van der Waals surface area contributed by atoms with Crippen LogP contribution in [0.5, 0.6) is 0 Å². The number of hydrogen-bond donors (Lipinski definition) is 2. The van der Waals surface area contributed by atoms with Crippen molar-refractivity contribution in [3.63, 3.8) is 0 Å². The van der Waals surface area contributed by atoms with Gasteiger partial charge in [-0.3, -0.25) is 14.5 Å². The van der Waals surface area contributed by atoms with Crippen molar-refractivity contribution in [3.8, 4) is 0 Å². The number of urea groups is 1. The van der Waals surface area contributed by atoms with Gasteiger partial charge in [-0.25, -0.2) is 9.18 Å². The van der Waals surface area contributed by atoms with Crippen LogP contribution >= 0.6 is 22.9 Å². The summed E-state index contributed by atoms with van der Waals surface area (Å²) >= 11 is 7.26. The van der Waals surface area contributed by atoms with Gasteiger partial charge in [0.05, 0.1) is 5.02 Å². The fraction of sp³-hybridized carbons (Fsp3) is 0.278. The lowest BCUT2D eigenvalue weighted by Gasteiger charge is -2.31. The lowest BCUT2D eigenvalue weighted by molar-refractivity contribution is -0.134. The fourth-order valence-electron chi connectivity index (χ4n) is 3.60. The van der Waals surface area contributed by atoms with E-state index in [1.54, 1.807) is 11.3 Å². The molecule has 1 aliphatic carbocycles. The first-order valence-corrected chi connectivity index (χ1v) is 9.62. The molecule has 0 bridgehead atoms. The lowest BCUT2D eigenvalue weighted by Crippen LogP contribution is -2.46. The van der Waals surface area contributed by atoms with Crippen molar-refractivity contribution < 1.29 is 18.8 Å². The van der Waals surface area contributed by atoms with Gasteiger partial charge in [0.25, 0.3) is 5.91 Å². The smallest absolute Gasteiger partial charge is 0.324 e. The van der Waals surface area contributed by atoms with Crippen molar-refractivity contribution in [3.05, 3.63) is 50.9 Å². The number of nitrogens with one attached hydrogen (secondary N) is 2. The maximum absolute atomic E-state index is 13.2. The summed E-state index contributed by atoms with van der Waals surface area (Å²) in [6, 6.07) is 5.01. The predicted octanol–water partition coefficient (Wildman–Crippen LogP) is 3.26. The molecule has 2 N–H and O–H groups in total. The zero-order valence-electron chi connectivity index (χ0n) is 14.1. The van der Waals surface area contributed by atoms with E-state index >= 15 is 0 Å². The van der Waals surface area contributed by atoms with Gasteiger partial charge in [0, 0.05) is 16.1 Å². The number of imide groups is 1. The number of halogens is 2. The van der Waals surface area contributed by atoms with Crippen LogP contribution in [0.2, 0.25) is 5.02 Å². The quantitative estimate of drug-likeness (QED) is 0.766. The Balaban J connectivity index is 1.52. The Morgan fingerprint density at radius 3 is 2.96 bits per heavy atom. The molecule has 27 heavy (non-hydrogen) atoms. The highest BCUT2D eigenvalue weighted by Gasteiger charge is 2.54. The van der Waals surface area contributed by atoms with Crippen molar-refractivity contribution in [1.29, 1.82) is 0 Å². The molecule has 2 aromatic rings. The minimum Gasteiger partial charge on any atom is -0.324 e. The number of fused-ring (bicyclic) bond motifs is 2. The lowest BCUT2D eigenvalue weighted by atomic mass is 9.80. The third-order valence-corrected chi connectivity index (χ3v) is 6.11. The second-order valence-corrected chi connectivity index (χ2v) is 7.92.